The van der Waals surface area contributed by atoms with Gasteiger partial charge in [-0.1, -0.05) is 19.1 Å². The Bertz CT molecular complexity index is 617. The van der Waals surface area contributed by atoms with Crippen LogP contribution in [0, 0.1) is 0 Å². The van der Waals surface area contributed by atoms with Gasteiger partial charge in [-0.25, -0.2) is 0 Å². The first-order valence-electron chi connectivity index (χ1n) is 9.07. The number of carbonyl (C=O) groups excluding carboxylic acids is 2. The maximum Gasteiger partial charge on any atom is 0.251 e. The highest BCUT2D eigenvalue weighted by Crippen LogP contribution is 2.21. The summed E-state index contributed by atoms with van der Waals surface area (Å²) >= 11 is 0. The first-order valence-corrected chi connectivity index (χ1v) is 9.07. The summed E-state index contributed by atoms with van der Waals surface area (Å²) in [6, 6.07) is 8.16. The second kappa shape index (κ2) is 7.65. The summed E-state index contributed by atoms with van der Waals surface area (Å²) in [5.74, 6) is 0.0836. The van der Waals surface area contributed by atoms with Crippen LogP contribution in [0.25, 0.3) is 6.08 Å². The molecule has 2 aliphatic rings. The van der Waals surface area contributed by atoms with E-state index in [1.165, 1.54) is 6.42 Å². The number of hydrogen-bond donors (Lipinski definition) is 1. The monoisotopic (exact) mass is 326 g/mol. The van der Waals surface area contributed by atoms with Crippen LogP contribution in [0.5, 0.6) is 0 Å². The maximum atomic E-state index is 12.4. The Morgan fingerprint density at radius 1 is 1.17 bits per heavy atom. The molecule has 4 nitrogen and oxygen atoms in total. The lowest BCUT2D eigenvalue weighted by molar-refractivity contribution is -0.129. The largest absolute Gasteiger partial charge is 0.349 e. The predicted octanol–water partition coefficient (Wildman–Crippen LogP) is 3.38. The summed E-state index contributed by atoms with van der Waals surface area (Å²) in [5.41, 5.74) is 1.61. The lowest BCUT2D eigenvalue weighted by atomic mass is 10.00. The van der Waals surface area contributed by atoms with Gasteiger partial charge >= 0.3 is 0 Å². The number of hydrogen-bond acceptors (Lipinski definition) is 2. The molecular weight excluding hydrogens is 300 g/mol. The second-order valence-electron chi connectivity index (χ2n) is 6.79. The fourth-order valence-electron chi connectivity index (χ4n) is 3.22. The van der Waals surface area contributed by atoms with Crippen LogP contribution in [0.1, 0.15) is 61.4 Å². The van der Waals surface area contributed by atoms with Crippen LogP contribution in [-0.4, -0.2) is 35.3 Å². The van der Waals surface area contributed by atoms with Crippen molar-refractivity contribution in [2.45, 2.75) is 57.5 Å². The van der Waals surface area contributed by atoms with Crippen LogP contribution in [-0.2, 0) is 4.79 Å². The topological polar surface area (TPSA) is 49.4 Å². The van der Waals surface area contributed by atoms with Gasteiger partial charge in [0.2, 0.25) is 5.91 Å². The van der Waals surface area contributed by atoms with Crippen LogP contribution in [0.2, 0.25) is 0 Å². The number of benzene rings is 1. The molecule has 3 rings (SSSR count). The summed E-state index contributed by atoms with van der Waals surface area (Å²) < 4.78 is 0. The van der Waals surface area contributed by atoms with Gasteiger partial charge in [0.05, 0.1) is 0 Å². The molecule has 2 fully saturated rings. The SMILES string of the molecule is CCC1CCCCN1C(=O)C=Cc1ccc(C(=O)NC2CC2)cc1. The number of likely N-dealkylation sites (tertiary alicyclic amines) is 1. The van der Waals surface area contributed by atoms with Crippen LogP contribution in [0.4, 0.5) is 0 Å². The summed E-state index contributed by atoms with van der Waals surface area (Å²) in [4.78, 5) is 26.4. The number of rotatable bonds is 5. The molecule has 1 saturated heterocycles. The van der Waals surface area contributed by atoms with Gasteiger partial charge in [0.15, 0.2) is 0 Å². The minimum Gasteiger partial charge on any atom is -0.349 e. The van der Waals surface area contributed by atoms with Crippen molar-refractivity contribution in [3.63, 3.8) is 0 Å². The summed E-state index contributed by atoms with van der Waals surface area (Å²) in [7, 11) is 0. The summed E-state index contributed by atoms with van der Waals surface area (Å²) in [6.45, 7) is 3.01. The van der Waals surface area contributed by atoms with E-state index in [1.54, 1.807) is 6.08 Å². The zero-order valence-corrected chi connectivity index (χ0v) is 14.3. The number of carbonyl (C=O) groups is 2. The van der Waals surface area contributed by atoms with Gasteiger partial charge < -0.3 is 10.2 Å². The number of nitrogens with zero attached hydrogens (tertiary/aromatic N) is 1. The molecule has 0 radical (unpaired) electrons. The molecule has 2 amide bonds. The van der Waals surface area contributed by atoms with E-state index in [-0.39, 0.29) is 11.8 Å². The summed E-state index contributed by atoms with van der Waals surface area (Å²) in [6.07, 6.45) is 10.1. The third-order valence-corrected chi connectivity index (χ3v) is 4.89. The van der Waals surface area contributed by atoms with Crippen molar-refractivity contribution in [1.82, 2.24) is 10.2 Å². The lowest BCUT2D eigenvalue weighted by Gasteiger charge is -2.34. The second-order valence-corrected chi connectivity index (χ2v) is 6.79. The minimum absolute atomic E-state index is 0.0109. The average molecular weight is 326 g/mol. The molecule has 1 heterocycles. The van der Waals surface area contributed by atoms with Crippen molar-refractivity contribution in [1.29, 1.82) is 0 Å². The molecule has 1 unspecified atom stereocenters. The molecule has 1 atom stereocenters. The Hall–Kier alpha value is -2.10. The smallest absolute Gasteiger partial charge is 0.251 e. The molecule has 128 valence electrons. The van der Waals surface area contributed by atoms with Crippen molar-refractivity contribution >= 4 is 17.9 Å². The zero-order valence-electron chi connectivity index (χ0n) is 14.3. The van der Waals surface area contributed by atoms with Crippen molar-refractivity contribution in [3.05, 3.63) is 41.5 Å². The van der Waals surface area contributed by atoms with E-state index < -0.39 is 0 Å². The molecule has 1 aromatic rings. The first kappa shape index (κ1) is 16.7. The van der Waals surface area contributed by atoms with Gasteiger partial charge in [-0.3, -0.25) is 9.59 Å². The van der Waals surface area contributed by atoms with Gasteiger partial charge in [0, 0.05) is 30.3 Å². The third-order valence-electron chi connectivity index (χ3n) is 4.89. The van der Waals surface area contributed by atoms with Crippen molar-refractivity contribution in [2.24, 2.45) is 0 Å². The van der Waals surface area contributed by atoms with Gasteiger partial charge in [-0.05, 0) is 62.3 Å². The standard InChI is InChI=1S/C20H26N2O2/c1-2-18-5-3-4-14-22(18)19(23)13-8-15-6-9-16(10-7-15)20(24)21-17-11-12-17/h6-10,13,17-18H,2-5,11-12,14H2,1H3,(H,21,24). The number of piperidine rings is 1. The Morgan fingerprint density at radius 3 is 2.58 bits per heavy atom. The normalized spacial score (nSPS) is 21.0. The molecule has 1 N–H and O–H groups in total. The zero-order chi connectivity index (χ0) is 16.9. The molecule has 1 aliphatic heterocycles. The van der Waals surface area contributed by atoms with Crippen molar-refractivity contribution < 1.29 is 9.59 Å². The quantitative estimate of drug-likeness (QED) is 0.843. The molecule has 4 heteroatoms. The molecule has 24 heavy (non-hydrogen) atoms. The maximum absolute atomic E-state index is 12.4. The average Bonchev–Trinajstić information content (AvgIpc) is 3.44. The van der Waals surface area contributed by atoms with Crippen LogP contribution >= 0.6 is 0 Å². The highest BCUT2D eigenvalue weighted by molar-refractivity contribution is 5.95. The fraction of sp³-hybridized carbons (Fsp3) is 0.500. The number of nitrogens with one attached hydrogen (secondary N) is 1. The Kier molecular flexibility index (Phi) is 5.34. The highest BCUT2D eigenvalue weighted by Gasteiger charge is 2.24. The van der Waals surface area contributed by atoms with Gasteiger partial charge in [0.1, 0.15) is 0 Å². The minimum atomic E-state index is -0.0109. The van der Waals surface area contributed by atoms with E-state index in [4.69, 9.17) is 0 Å². The van der Waals surface area contributed by atoms with E-state index in [0.717, 1.165) is 44.2 Å². The van der Waals surface area contributed by atoms with Gasteiger partial charge in [0.25, 0.3) is 5.91 Å². The Morgan fingerprint density at radius 2 is 1.92 bits per heavy atom. The molecule has 1 saturated carbocycles. The highest BCUT2D eigenvalue weighted by atomic mass is 16.2. The van der Waals surface area contributed by atoms with Crippen LogP contribution in [0.3, 0.4) is 0 Å². The van der Waals surface area contributed by atoms with E-state index in [2.05, 4.69) is 12.2 Å². The van der Waals surface area contributed by atoms with E-state index in [0.29, 0.717) is 17.6 Å². The number of amides is 2. The van der Waals surface area contributed by atoms with Crippen LogP contribution < -0.4 is 5.32 Å². The molecular formula is C20H26N2O2. The lowest BCUT2D eigenvalue weighted by Crippen LogP contribution is -2.42. The van der Waals surface area contributed by atoms with E-state index >= 15 is 0 Å². The molecule has 0 bridgehead atoms. The summed E-state index contributed by atoms with van der Waals surface area (Å²) in [5, 5.41) is 2.98. The third kappa shape index (κ3) is 4.25. The fourth-order valence-corrected chi connectivity index (χ4v) is 3.22. The van der Waals surface area contributed by atoms with Crippen molar-refractivity contribution in [3.8, 4) is 0 Å². The molecule has 1 aliphatic carbocycles. The Labute approximate surface area is 143 Å². The molecule has 1 aromatic carbocycles. The first-order chi connectivity index (χ1) is 11.7. The van der Waals surface area contributed by atoms with Crippen molar-refractivity contribution in [2.75, 3.05) is 6.54 Å². The van der Waals surface area contributed by atoms with E-state index in [1.807, 2.05) is 35.2 Å². The molecule has 0 aromatic heterocycles. The van der Waals surface area contributed by atoms with Crippen LogP contribution in [0.15, 0.2) is 30.3 Å². The Balaban J connectivity index is 1.59. The van der Waals surface area contributed by atoms with Gasteiger partial charge in [-0.2, -0.15) is 0 Å². The van der Waals surface area contributed by atoms with Gasteiger partial charge in [-0.15, -0.1) is 0 Å². The van der Waals surface area contributed by atoms with E-state index in [9.17, 15) is 9.59 Å². The molecule has 0 spiro atoms. The predicted molar refractivity (Wildman–Crippen MR) is 95.6 cm³/mol.